The van der Waals surface area contributed by atoms with Crippen LogP contribution in [0.1, 0.15) is 13.8 Å². The van der Waals surface area contributed by atoms with Crippen molar-refractivity contribution in [2.75, 3.05) is 30.9 Å². The highest BCUT2D eigenvalue weighted by Gasteiger charge is 2.29. The lowest BCUT2D eigenvalue weighted by Crippen LogP contribution is -2.37. The molecule has 1 aliphatic rings. The van der Waals surface area contributed by atoms with Crippen LogP contribution in [-0.4, -0.2) is 35.9 Å². The topological polar surface area (TPSA) is 42.1 Å². The van der Waals surface area contributed by atoms with Gasteiger partial charge in [-0.2, -0.15) is 4.57 Å². The van der Waals surface area contributed by atoms with Gasteiger partial charge in [0.1, 0.15) is 13.2 Å². The van der Waals surface area contributed by atoms with Crippen molar-refractivity contribution >= 4 is 17.7 Å². The maximum atomic E-state index is 5.49. The summed E-state index contributed by atoms with van der Waals surface area (Å²) in [6.07, 6.45) is 2.03. The van der Waals surface area contributed by atoms with E-state index < -0.39 is 0 Å². The molecule has 0 bridgehead atoms. The first-order chi connectivity index (χ1) is 7.80. The third kappa shape index (κ3) is 1.93. The number of hydrogen-bond donors (Lipinski definition) is 0. The summed E-state index contributed by atoms with van der Waals surface area (Å²) in [6, 6.07) is 0.696. The van der Waals surface area contributed by atoms with Gasteiger partial charge in [0.15, 0.2) is 0 Å². The van der Waals surface area contributed by atoms with E-state index in [2.05, 4.69) is 28.7 Å². The summed E-state index contributed by atoms with van der Waals surface area (Å²) in [7, 11) is 0. The van der Waals surface area contributed by atoms with Crippen LogP contribution in [0.15, 0.2) is 5.16 Å². The van der Waals surface area contributed by atoms with E-state index in [1.54, 1.807) is 11.8 Å². The number of fused-ring (bicyclic) bond motifs is 1. The zero-order chi connectivity index (χ0) is 11.5. The maximum absolute atomic E-state index is 5.49. The fraction of sp³-hybridized carbons (Fsp3) is 0.700. The van der Waals surface area contributed by atoms with E-state index in [0.717, 1.165) is 30.7 Å². The van der Waals surface area contributed by atoms with Crippen LogP contribution >= 0.6 is 11.8 Å². The van der Waals surface area contributed by atoms with Gasteiger partial charge in [0, 0.05) is 13.1 Å². The molecule has 0 atom stereocenters. The summed E-state index contributed by atoms with van der Waals surface area (Å²) in [5.41, 5.74) is 0. The average molecular weight is 241 g/mol. The van der Waals surface area contributed by atoms with Crippen molar-refractivity contribution in [1.29, 1.82) is 0 Å². The molecule has 1 aromatic heterocycles. The van der Waals surface area contributed by atoms with Crippen LogP contribution in [0.25, 0.3) is 0 Å². The van der Waals surface area contributed by atoms with Gasteiger partial charge in [-0.15, -0.1) is 0 Å². The quantitative estimate of drug-likeness (QED) is 0.574. The molecule has 6 heteroatoms. The van der Waals surface area contributed by atoms with Crippen LogP contribution in [0.2, 0.25) is 0 Å². The zero-order valence-corrected chi connectivity index (χ0v) is 10.8. The Morgan fingerprint density at radius 3 is 2.75 bits per heavy atom. The van der Waals surface area contributed by atoms with E-state index in [1.807, 2.05) is 10.8 Å². The molecule has 0 saturated heterocycles. The van der Waals surface area contributed by atoms with Gasteiger partial charge in [0.25, 0.3) is 0 Å². The predicted molar refractivity (Wildman–Crippen MR) is 63.1 cm³/mol. The zero-order valence-electron chi connectivity index (χ0n) is 9.93. The van der Waals surface area contributed by atoms with Crippen LogP contribution < -0.4 is 14.2 Å². The van der Waals surface area contributed by atoms with Crippen molar-refractivity contribution in [3.8, 4) is 6.01 Å². The number of anilines is 1. The molecule has 0 spiro atoms. The normalized spacial score (nSPS) is 13.4. The molecular weight excluding hydrogens is 224 g/mol. The molecule has 0 aliphatic carbocycles. The first-order valence-electron chi connectivity index (χ1n) is 5.53. The Morgan fingerprint density at radius 1 is 1.38 bits per heavy atom. The Labute approximate surface area is 99.8 Å². The van der Waals surface area contributed by atoms with Crippen molar-refractivity contribution in [1.82, 2.24) is 9.97 Å². The van der Waals surface area contributed by atoms with Gasteiger partial charge in [-0.05, 0) is 30.1 Å². The summed E-state index contributed by atoms with van der Waals surface area (Å²) >= 11 is 1.63. The minimum atomic E-state index is 0.696. The molecule has 1 aliphatic heterocycles. The molecule has 2 rings (SSSR count). The minimum Gasteiger partial charge on any atom is -0.437 e. The fourth-order valence-corrected chi connectivity index (χ4v) is 2.29. The van der Waals surface area contributed by atoms with Gasteiger partial charge in [0.2, 0.25) is 0 Å². The summed E-state index contributed by atoms with van der Waals surface area (Å²) in [5.74, 6) is 0.766. The molecule has 0 N–H and O–H groups in total. The second-order valence-electron chi connectivity index (χ2n) is 3.47. The Bertz CT molecular complexity index is 381. The standard InChI is InChI=1S/C10H17N4OS/c1-4-13(5-2)8-11-9-14(6-7-15-9)10(12-8)16-3/h4-7H2,1-3H3/q+1. The summed E-state index contributed by atoms with van der Waals surface area (Å²) in [4.78, 5) is 11.1. The van der Waals surface area contributed by atoms with Crippen molar-refractivity contribution in [2.45, 2.75) is 25.5 Å². The number of rotatable bonds is 4. The second kappa shape index (κ2) is 4.86. The van der Waals surface area contributed by atoms with Gasteiger partial charge >= 0.3 is 17.1 Å². The monoisotopic (exact) mass is 241 g/mol. The summed E-state index contributed by atoms with van der Waals surface area (Å²) < 4.78 is 7.52. The van der Waals surface area contributed by atoms with E-state index in [4.69, 9.17) is 4.74 Å². The van der Waals surface area contributed by atoms with Crippen molar-refractivity contribution in [3.63, 3.8) is 0 Å². The van der Waals surface area contributed by atoms with E-state index in [-0.39, 0.29) is 0 Å². The molecular formula is C10H17N4OS+. The van der Waals surface area contributed by atoms with Crippen molar-refractivity contribution in [2.24, 2.45) is 0 Å². The lowest BCUT2D eigenvalue weighted by atomic mass is 10.5. The second-order valence-corrected chi connectivity index (χ2v) is 4.24. The molecule has 16 heavy (non-hydrogen) atoms. The number of ether oxygens (including phenoxy) is 1. The van der Waals surface area contributed by atoms with E-state index >= 15 is 0 Å². The summed E-state index contributed by atoms with van der Waals surface area (Å²) in [6.45, 7) is 7.58. The number of hydrogen-bond acceptors (Lipinski definition) is 5. The molecule has 0 fully saturated rings. The lowest BCUT2D eigenvalue weighted by Gasteiger charge is -2.13. The molecule has 88 valence electrons. The Hall–Kier alpha value is -1.04. The lowest BCUT2D eigenvalue weighted by molar-refractivity contribution is -0.723. The van der Waals surface area contributed by atoms with Gasteiger partial charge < -0.3 is 9.64 Å². The first kappa shape index (κ1) is 11.4. The molecule has 0 unspecified atom stereocenters. The predicted octanol–water partition coefficient (Wildman–Crippen LogP) is 0.725. The Morgan fingerprint density at radius 2 is 2.12 bits per heavy atom. The molecule has 0 saturated carbocycles. The van der Waals surface area contributed by atoms with Gasteiger partial charge in [0.05, 0.1) is 0 Å². The van der Waals surface area contributed by atoms with E-state index in [1.165, 1.54) is 0 Å². The largest absolute Gasteiger partial charge is 0.439 e. The van der Waals surface area contributed by atoms with Crippen molar-refractivity contribution in [3.05, 3.63) is 0 Å². The Kier molecular flexibility index (Phi) is 3.48. The molecule has 1 aromatic rings. The third-order valence-corrected chi connectivity index (χ3v) is 3.30. The Balaban J connectivity index is 2.41. The third-order valence-electron chi connectivity index (χ3n) is 2.63. The van der Waals surface area contributed by atoms with Crippen LogP contribution in [0.4, 0.5) is 5.95 Å². The molecule has 0 amide bonds. The number of thioether (sulfide) groups is 1. The van der Waals surface area contributed by atoms with Crippen LogP contribution in [0.5, 0.6) is 6.01 Å². The van der Waals surface area contributed by atoms with Crippen LogP contribution in [0.3, 0.4) is 0 Å². The highest BCUT2D eigenvalue weighted by molar-refractivity contribution is 7.98. The van der Waals surface area contributed by atoms with Crippen LogP contribution in [-0.2, 0) is 6.54 Å². The molecule has 2 heterocycles. The van der Waals surface area contributed by atoms with Crippen LogP contribution in [0, 0.1) is 0 Å². The van der Waals surface area contributed by atoms with Gasteiger partial charge in [-0.1, -0.05) is 11.8 Å². The molecule has 0 aromatic carbocycles. The highest BCUT2D eigenvalue weighted by atomic mass is 32.2. The van der Waals surface area contributed by atoms with E-state index in [0.29, 0.717) is 12.6 Å². The minimum absolute atomic E-state index is 0.696. The van der Waals surface area contributed by atoms with Gasteiger partial charge in [-0.3, -0.25) is 0 Å². The van der Waals surface area contributed by atoms with Gasteiger partial charge in [-0.25, -0.2) is 0 Å². The fourth-order valence-electron chi connectivity index (χ4n) is 1.73. The molecule has 5 nitrogen and oxygen atoms in total. The SMILES string of the molecule is CCN(CC)c1nc2[n+](c(SC)n1)CCO2. The maximum Gasteiger partial charge on any atom is 0.439 e. The average Bonchev–Trinajstić information content (AvgIpc) is 2.77. The first-order valence-corrected chi connectivity index (χ1v) is 6.76. The number of nitrogens with zero attached hydrogens (tertiary/aromatic N) is 4. The highest BCUT2D eigenvalue weighted by Crippen LogP contribution is 2.18. The summed E-state index contributed by atoms with van der Waals surface area (Å²) in [5, 5.41) is 0.976. The smallest absolute Gasteiger partial charge is 0.437 e. The number of aromatic nitrogens is 3. The molecule has 0 radical (unpaired) electrons. The van der Waals surface area contributed by atoms with E-state index in [9.17, 15) is 0 Å². The van der Waals surface area contributed by atoms with Crippen molar-refractivity contribution < 1.29 is 9.30 Å².